The molecule has 1 aromatic carbocycles. The number of nitrogens with one attached hydrogen (secondary N) is 2. The Morgan fingerprint density at radius 1 is 1.36 bits per heavy atom. The average Bonchev–Trinajstić information content (AvgIpc) is 3.08. The van der Waals surface area contributed by atoms with Gasteiger partial charge in [-0.1, -0.05) is 12.1 Å². The molecule has 2 aromatic rings. The quantitative estimate of drug-likeness (QED) is 0.539. The average molecular weight is 345 g/mol. The third-order valence-corrected chi connectivity index (χ3v) is 4.17. The van der Waals surface area contributed by atoms with Gasteiger partial charge >= 0.3 is 0 Å². The third kappa shape index (κ3) is 5.15. The molecule has 1 amide bonds. The molecule has 0 bridgehead atoms. The van der Waals surface area contributed by atoms with Crippen molar-refractivity contribution < 1.29 is 14.5 Å². The first-order valence-corrected chi connectivity index (χ1v) is 8.14. The summed E-state index contributed by atoms with van der Waals surface area (Å²) in [6.45, 7) is 2.49. The number of methoxy groups -OCH3 is 1. The van der Waals surface area contributed by atoms with E-state index in [-0.39, 0.29) is 22.4 Å². The number of hydrogen-bond donors (Lipinski definition) is 2. The molecule has 2 rings (SSSR count). The summed E-state index contributed by atoms with van der Waals surface area (Å²) >= 11 is 0. The molecular weight excluding hydrogens is 322 g/mol. The lowest BCUT2D eigenvalue weighted by Crippen LogP contribution is -2.35. The van der Waals surface area contributed by atoms with Crippen molar-refractivity contribution in [2.24, 2.45) is 5.92 Å². The standard InChI is InChI=1S/C18H23N3O4/c1-13-14(5-3-7-17(13)21(23)24)8-10-20-18(22)15(12-25-2)11-16-6-4-9-19-16/h3-7,9,15,19H,8,10-12H2,1-2H3,(H,20,22)/t15-/m0/s1. The van der Waals surface area contributed by atoms with Crippen LogP contribution in [-0.2, 0) is 22.4 Å². The zero-order valence-electron chi connectivity index (χ0n) is 14.5. The number of carbonyl (C=O) groups is 1. The van der Waals surface area contributed by atoms with E-state index in [4.69, 9.17) is 4.74 Å². The van der Waals surface area contributed by atoms with Crippen LogP contribution >= 0.6 is 0 Å². The molecule has 0 saturated heterocycles. The number of benzene rings is 1. The molecule has 1 atom stereocenters. The number of hydrogen-bond acceptors (Lipinski definition) is 4. The summed E-state index contributed by atoms with van der Waals surface area (Å²) in [5.41, 5.74) is 2.59. The van der Waals surface area contributed by atoms with Gasteiger partial charge in [0.25, 0.3) is 5.69 Å². The second kappa shape index (κ2) is 8.98. The summed E-state index contributed by atoms with van der Waals surface area (Å²) in [4.78, 5) is 26.1. The number of H-pyrrole nitrogens is 1. The second-order valence-corrected chi connectivity index (χ2v) is 5.91. The Kier molecular flexibility index (Phi) is 6.71. The Bertz CT molecular complexity index is 713. The SMILES string of the molecule is COC[C@H](Cc1ccc[nH]1)C(=O)NCCc1cccc([N+](=O)[O-])c1C. The summed E-state index contributed by atoms with van der Waals surface area (Å²) in [6.07, 6.45) is 2.94. The molecule has 0 radical (unpaired) electrons. The van der Waals surface area contributed by atoms with Crippen LogP contribution in [0.1, 0.15) is 16.8 Å². The van der Waals surface area contributed by atoms with Gasteiger partial charge in [0.05, 0.1) is 17.4 Å². The highest BCUT2D eigenvalue weighted by Gasteiger charge is 2.19. The molecule has 0 fully saturated rings. The van der Waals surface area contributed by atoms with Gasteiger partial charge in [-0.2, -0.15) is 0 Å². The fourth-order valence-corrected chi connectivity index (χ4v) is 2.79. The first-order valence-electron chi connectivity index (χ1n) is 8.14. The van der Waals surface area contributed by atoms with E-state index in [1.165, 1.54) is 6.07 Å². The molecule has 0 aliphatic carbocycles. The molecule has 1 heterocycles. The number of rotatable bonds is 9. The highest BCUT2D eigenvalue weighted by Crippen LogP contribution is 2.21. The van der Waals surface area contributed by atoms with Crippen LogP contribution < -0.4 is 5.32 Å². The molecule has 25 heavy (non-hydrogen) atoms. The minimum absolute atomic E-state index is 0.0838. The lowest BCUT2D eigenvalue weighted by Gasteiger charge is -2.16. The molecule has 0 saturated carbocycles. The van der Waals surface area contributed by atoms with Crippen molar-refractivity contribution in [2.45, 2.75) is 19.8 Å². The maximum Gasteiger partial charge on any atom is 0.272 e. The van der Waals surface area contributed by atoms with Crippen LogP contribution in [0.3, 0.4) is 0 Å². The van der Waals surface area contributed by atoms with Crippen molar-refractivity contribution in [2.75, 3.05) is 20.3 Å². The molecule has 0 spiro atoms. The molecule has 0 aliphatic heterocycles. The number of aromatic amines is 1. The van der Waals surface area contributed by atoms with E-state index in [0.29, 0.717) is 31.6 Å². The summed E-state index contributed by atoms with van der Waals surface area (Å²) in [6, 6.07) is 8.83. The van der Waals surface area contributed by atoms with Crippen LogP contribution in [0.25, 0.3) is 0 Å². The molecule has 0 unspecified atom stereocenters. The van der Waals surface area contributed by atoms with Gasteiger partial charge in [0, 0.05) is 43.6 Å². The summed E-state index contributed by atoms with van der Waals surface area (Å²) in [5.74, 6) is -0.366. The number of nitro groups is 1. The smallest absolute Gasteiger partial charge is 0.272 e. The van der Waals surface area contributed by atoms with Crippen LogP contribution in [0, 0.1) is 23.0 Å². The molecule has 7 heteroatoms. The van der Waals surface area contributed by atoms with Crippen LogP contribution in [0.5, 0.6) is 0 Å². The minimum Gasteiger partial charge on any atom is -0.384 e. The van der Waals surface area contributed by atoms with Gasteiger partial charge in [0.15, 0.2) is 0 Å². The Hall–Kier alpha value is -2.67. The minimum atomic E-state index is -0.387. The van der Waals surface area contributed by atoms with E-state index in [9.17, 15) is 14.9 Å². The van der Waals surface area contributed by atoms with Crippen molar-refractivity contribution in [1.29, 1.82) is 0 Å². The van der Waals surface area contributed by atoms with Crippen LogP contribution in [-0.4, -0.2) is 36.1 Å². The zero-order chi connectivity index (χ0) is 18.2. The fourth-order valence-electron chi connectivity index (χ4n) is 2.79. The highest BCUT2D eigenvalue weighted by molar-refractivity contribution is 5.79. The lowest BCUT2D eigenvalue weighted by atomic mass is 10.0. The first kappa shape index (κ1) is 18.7. The van der Waals surface area contributed by atoms with Gasteiger partial charge in [0.1, 0.15) is 0 Å². The van der Waals surface area contributed by atoms with E-state index < -0.39 is 0 Å². The third-order valence-electron chi connectivity index (χ3n) is 4.17. The van der Waals surface area contributed by atoms with E-state index in [1.807, 2.05) is 24.4 Å². The largest absolute Gasteiger partial charge is 0.384 e. The zero-order valence-corrected chi connectivity index (χ0v) is 14.5. The number of aromatic nitrogens is 1. The van der Waals surface area contributed by atoms with Crippen molar-refractivity contribution in [3.05, 3.63) is 63.5 Å². The van der Waals surface area contributed by atoms with E-state index in [2.05, 4.69) is 10.3 Å². The van der Waals surface area contributed by atoms with E-state index in [1.54, 1.807) is 20.1 Å². The fraction of sp³-hybridized carbons (Fsp3) is 0.389. The number of nitrogens with zero attached hydrogens (tertiary/aromatic N) is 1. The van der Waals surface area contributed by atoms with Crippen molar-refractivity contribution in [3.8, 4) is 0 Å². The summed E-state index contributed by atoms with van der Waals surface area (Å²) < 4.78 is 5.15. The second-order valence-electron chi connectivity index (χ2n) is 5.91. The van der Waals surface area contributed by atoms with E-state index >= 15 is 0 Å². The number of amides is 1. The number of carbonyl (C=O) groups excluding carboxylic acids is 1. The molecule has 7 nitrogen and oxygen atoms in total. The lowest BCUT2D eigenvalue weighted by molar-refractivity contribution is -0.385. The van der Waals surface area contributed by atoms with Crippen LogP contribution in [0.15, 0.2) is 36.5 Å². The van der Waals surface area contributed by atoms with Gasteiger partial charge in [-0.15, -0.1) is 0 Å². The van der Waals surface area contributed by atoms with Crippen molar-refractivity contribution in [3.63, 3.8) is 0 Å². The Morgan fingerprint density at radius 3 is 2.80 bits per heavy atom. The number of nitro benzene ring substituents is 1. The van der Waals surface area contributed by atoms with Gasteiger partial charge in [-0.25, -0.2) is 0 Å². The van der Waals surface area contributed by atoms with Crippen molar-refractivity contribution >= 4 is 11.6 Å². The highest BCUT2D eigenvalue weighted by atomic mass is 16.6. The predicted octanol–water partition coefficient (Wildman–Crippen LogP) is 2.40. The molecule has 134 valence electrons. The van der Waals surface area contributed by atoms with Crippen LogP contribution in [0.2, 0.25) is 0 Å². The van der Waals surface area contributed by atoms with Gasteiger partial charge in [-0.05, 0) is 31.0 Å². The van der Waals surface area contributed by atoms with Crippen LogP contribution in [0.4, 0.5) is 5.69 Å². The van der Waals surface area contributed by atoms with Crippen molar-refractivity contribution in [1.82, 2.24) is 10.3 Å². The molecule has 2 N–H and O–H groups in total. The molecular formula is C18H23N3O4. The maximum atomic E-state index is 12.4. The summed E-state index contributed by atoms with van der Waals surface area (Å²) in [7, 11) is 1.57. The molecule has 0 aliphatic rings. The summed E-state index contributed by atoms with van der Waals surface area (Å²) in [5, 5.41) is 13.9. The maximum absolute atomic E-state index is 12.4. The van der Waals surface area contributed by atoms with Gasteiger partial charge in [-0.3, -0.25) is 14.9 Å². The first-order chi connectivity index (χ1) is 12.0. The van der Waals surface area contributed by atoms with Gasteiger partial charge in [0.2, 0.25) is 5.91 Å². The Morgan fingerprint density at radius 2 is 2.16 bits per heavy atom. The molecule has 1 aromatic heterocycles. The Balaban J connectivity index is 1.92. The Labute approximate surface area is 146 Å². The van der Waals surface area contributed by atoms with Gasteiger partial charge < -0.3 is 15.0 Å². The topological polar surface area (TPSA) is 97.3 Å². The predicted molar refractivity (Wildman–Crippen MR) is 94.4 cm³/mol. The monoisotopic (exact) mass is 345 g/mol. The normalized spacial score (nSPS) is 11.9. The number of ether oxygens (including phenoxy) is 1. The van der Waals surface area contributed by atoms with E-state index in [0.717, 1.165) is 11.3 Å².